The lowest BCUT2D eigenvalue weighted by molar-refractivity contribution is 0.0867. The molecule has 1 aromatic rings. The van der Waals surface area contributed by atoms with Crippen molar-refractivity contribution in [2.75, 3.05) is 20.8 Å². The zero-order valence-electron chi connectivity index (χ0n) is 10.5. The van der Waals surface area contributed by atoms with E-state index in [0.717, 1.165) is 13.2 Å². The molecule has 0 heterocycles. The quantitative estimate of drug-likeness (QED) is 0.750. The maximum atomic E-state index is 5.22. The van der Waals surface area contributed by atoms with E-state index in [1.165, 1.54) is 11.1 Å². The number of benzene rings is 1. The fraction of sp³-hybridized carbons (Fsp3) is 0.538. The lowest BCUT2D eigenvalue weighted by Gasteiger charge is -2.24. The van der Waals surface area contributed by atoms with E-state index in [9.17, 15) is 0 Å². The van der Waals surface area contributed by atoms with E-state index >= 15 is 0 Å². The van der Waals surface area contributed by atoms with Gasteiger partial charge in [0.2, 0.25) is 0 Å². The third-order valence-electron chi connectivity index (χ3n) is 2.66. The fourth-order valence-electron chi connectivity index (χ4n) is 1.67. The van der Waals surface area contributed by atoms with Crippen LogP contribution in [0, 0.1) is 0 Å². The van der Waals surface area contributed by atoms with Gasteiger partial charge in [0.1, 0.15) is 0 Å². The van der Waals surface area contributed by atoms with Gasteiger partial charge in [0.15, 0.2) is 0 Å². The molecule has 0 aliphatic heterocycles. The molecule has 0 radical (unpaired) electrons. The van der Waals surface area contributed by atoms with Gasteiger partial charge in [0.25, 0.3) is 0 Å². The summed E-state index contributed by atoms with van der Waals surface area (Å²) in [6.45, 7) is 5.81. The van der Waals surface area contributed by atoms with Crippen LogP contribution in [0.15, 0.2) is 24.3 Å². The summed E-state index contributed by atoms with van der Waals surface area (Å²) in [4.78, 5) is 4.81. The fourth-order valence-corrected chi connectivity index (χ4v) is 1.67. The summed E-state index contributed by atoms with van der Waals surface area (Å²) in [6.07, 6.45) is 0. The predicted octanol–water partition coefficient (Wildman–Crippen LogP) is 2.26. The van der Waals surface area contributed by atoms with E-state index in [-0.39, 0.29) is 5.41 Å². The highest BCUT2D eigenvalue weighted by atomic mass is 16.6. The van der Waals surface area contributed by atoms with Crippen molar-refractivity contribution in [3.63, 3.8) is 0 Å². The summed E-state index contributed by atoms with van der Waals surface area (Å²) >= 11 is 0. The minimum Gasteiger partial charge on any atom is -0.384 e. The predicted molar refractivity (Wildman–Crippen MR) is 65.2 cm³/mol. The number of nitrogens with one attached hydrogen (secondary N) is 1. The summed E-state index contributed by atoms with van der Waals surface area (Å²) in [7, 11) is 3.36. The average molecular weight is 223 g/mol. The van der Waals surface area contributed by atoms with E-state index in [4.69, 9.17) is 9.57 Å². The summed E-state index contributed by atoms with van der Waals surface area (Å²) < 4.78 is 5.22. The Hall–Kier alpha value is -0.900. The highest BCUT2D eigenvalue weighted by Crippen LogP contribution is 2.23. The maximum Gasteiger partial charge on any atom is 0.0572 e. The second-order valence-electron chi connectivity index (χ2n) is 4.54. The Bertz CT molecular complexity index is 306. The molecule has 0 aliphatic carbocycles. The summed E-state index contributed by atoms with van der Waals surface area (Å²) in [6, 6.07) is 8.51. The molecule has 0 spiro atoms. The van der Waals surface area contributed by atoms with E-state index in [0.29, 0.717) is 0 Å². The van der Waals surface area contributed by atoms with Gasteiger partial charge in [-0.2, -0.15) is 5.48 Å². The van der Waals surface area contributed by atoms with Crippen LogP contribution in [0.3, 0.4) is 0 Å². The van der Waals surface area contributed by atoms with Crippen LogP contribution in [0.5, 0.6) is 0 Å². The third-order valence-corrected chi connectivity index (χ3v) is 2.66. The minimum absolute atomic E-state index is 0.0575. The van der Waals surface area contributed by atoms with Gasteiger partial charge in [-0.1, -0.05) is 38.1 Å². The van der Waals surface area contributed by atoms with E-state index in [2.05, 4.69) is 43.6 Å². The van der Waals surface area contributed by atoms with Gasteiger partial charge in [0.05, 0.1) is 13.7 Å². The number of ether oxygens (including phenoxy) is 1. The van der Waals surface area contributed by atoms with Crippen molar-refractivity contribution in [1.29, 1.82) is 0 Å². The maximum absolute atomic E-state index is 5.22. The van der Waals surface area contributed by atoms with Crippen LogP contribution in [-0.2, 0) is 21.5 Å². The van der Waals surface area contributed by atoms with Gasteiger partial charge in [-0.25, -0.2) is 0 Å². The monoisotopic (exact) mass is 223 g/mol. The Morgan fingerprint density at radius 2 is 1.75 bits per heavy atom. The molecule has 0 bridgehead atoms. The summed E-state index contributed by atoms with van der Waals surface area (Å²) in [5.41, 5.74) is 5.38. The summed E-state index contributed by atoms with van der Waals surface area (Å²) in [5, 5.41) is 0. The molecule has 1 rings (SSSR count). The van der Waals surface area contributed by atoms with Crippen molar-refractivity contribution in [3.8, 4) is 0 Å². The Labute approximate surface area is 97.7 Å². The van der Waals surface area contributed by atoms with Gasteiger partial charge in [-0.05, 0) is 11.1 Å². The Balaban J connectivity index is 2.70. The Kier molecular flexibility index (Phi) is 4.93. The molecule has 0 unspecified atom stereocenters. The van der Waals surface area contributed by atoms with Crippen molar-refractivity contribution in [2.24, 2.45) is 0 Å². The third kappa shape index (κ3) is 3.59. The van der Waals surface area contributed by atoms with Crippen molar-refractivity contribution < 1.29 is 9.57 Å². The van der Waals surface area contributed by atoms with Gasteiger partial charge in [0, 0.05) is 19.1 Å². The van der Waals surface area contributed by atoms with E-state index < -0.39 is 0 Å². The normalized spacial score (nSPS) is 11.8. The lowest BCUT2D eigenvalue weighted by Crippen LogP contribution is -2.23. The van der Waals surface area contributed by atoms with Crippen LogP contribution in [0.1, 0.15) is 25.0 Å². The molecule has 90 valence electrons. The molecular weight excluding hydrogens is 202 g/mol. The molecule has 0 aromatic heterocycles. The van der Waals surface area contributed by atoms with Crippen LogP contribution in [-0.4, -0.2) is 20.8 Å². The molecule has 0 amide bonds. The average Bonchev–Trinajstić information content (AvgIpc) is 2.27. The molecule has 3 heteroatoms. The largest absolute Gasteiger partial charge is 0.384 e. The van der Waals surface area contributed by atoms with Gasteiger partial charge >= 0.3 is 0 Å². The first kappa shape index (κ1) is 13.2. The number of hydrogen-bond donors (Lipinski definition) is 1. The molecule has 0 saturated heterocycles. The molecular formula is C13H21NO2. The van der Waals surface area contributed by atoms with Gasteiger partial charge in [-0.3, -0.25) is 0 Å². The SMILES string of the molecule is COCC(C)(C)c1ccc(CNOC)cc1. The number of hydroxylamine groups is 1. The van der Waals surface area contributed by atoms with Crippen molar-refractivity contribution in [2.45, 2.75) is 25.8 Å². The molecule has 0 aliphatic rings. The Morgan fingerprint density at radius 3 is 2.25 bits per heavy atom. The number of methoxy groups -OCH3 is 1. The zero-order valence-corrected chi connectivity index (χ0v) is 10.5. The number of rotatable bonds is 6. The topological polar surface area (TPSA) is 30.5 Å². The molecule has 0 fully saturated rings. The van der Waals surface area contributed by atoms with Crippen LogP contribution < -0.4 is 5.48 Å². The van der Waals surface area contributed by atoms with Crippen molar-refractivity contribution in [1.82, 2.24) is 5.48 Å². The number of hydrogen-bond acceptors (Lipinski definition) is 3. The molecule has 16 heavy (non-hydrogen) atoms. The van der Waals surface area contributed by atoms with Crippen molar-refractivity contribution in [3.05, 3.63) is 35.4 Å². The van der Waals surface area contributed by atoms with E-state index in [1.807, 2.05) is 0 Å². The zero-order chi connectivity index (χ0) is 12.0. The molecule has 0 saturated carbocycles. The molecule has 3 nitrogen and oxygen atoms in total. The summed E-state index contributed by atoms with van der Waals surface area (Å²) in [5.74, 6) is 0. The molecule has 1 N–H and O–H groups in total. The smallest absolute Gasteiger partial charge is 0.0572 e. The molecule has 0 atom stereocenters. The Morgan fingerprint density at radius 1 is 1.12 bits per heavy atom. The molecule has 1 aromatic carbocycles. The standard InChI is InChI=1S/C13H21NO2/c1-13(2,10-15-3)12-7-5-11(6-8-12)9-14-16-4/h5-8,14H,9-10H2,1-4H3. The first-order valence-electron chi connectivity index (χ1n) is 5.44. The van der Waals surface area contributed by atoms with E-state index in [1.54, 1.807) is 14.2 Å². The second kappa shape index (κ2) is 5.99. The van der Waals surface area contributed by atoms with Crippen LogP contribution >= 0.6 is 0 Å². The minimum atomic E-state index is 0.0575. The van der Waals surface area contributed by atoms with Crippen LogP contribution in [0.2, 0.25) is 0 Å². The lowest BCUT2D eigenvalue weighted by atomic mass is 9.85. The first-order valence-corrected chi connectivity index (χ1v) is 5.44. The highest BCUT2D eigenvalue weighted by Gasteiger charge is 2.19. The van der Waals surface area contributed by atoms with Gasteiger partial charge in [-0.15, -0.1) is 0 Å². The highest BCUT2D eigenvalue weighted by molar-refractivity contribution is 5.28. The van der Waals surface area contributed by atoms with Gasteiger partial charge < -0.3 is 9.57 Å². The van der Waals surface area contributed by atoms with Crippen LogP contribution in [0.4, 0.5) is 0 Å². The van der Waals surface area contributed by atoms with Crippen LogP contribution in [0.25, 0.3) is 0 Å². The van der Waals surface area contributed by atoms with Crippen molar-refractivity contribution >= 4 is 0 Å². The second-order valence-corrected chi connectivity index (χ2v) is 4.54. The first-order chi connectivity index (χ1) is 7.60.